The molecule has 2 amide bonds. The van der Waals surface area contributed by atoms with E-state index in [-0.39, 0.29) is 45.8 Å². The Labute approximate surface area is 300 Å². The van der Waals surface area contributed by atoms with E-state index in [1.54, 1.807) is 12.1 Å². The van der Waals surface area contributed by atoms with Crippen molar-refractivity contribution in [2.24, 2.45) is 0 Å². The van der Waals surface area contributed by atoms with Gasteiger partial charge in [0.2, 0.25) is 0 Å². The molecule has 3 aromatic carbocycles. The second kappa shape index (κ2) is 20.9. The molecule has 3 rings (SSSR count). The number of unbranched alkanes of at least 4 members (excludes halogenated alkanes) is 12. The number of carbonyl (C=O) groups excluding carboxylic acids is 2. The number of halogens is 1. The van der Waals surface area contributed by atoms with Crippen LogP contribution in [0.2, 0.25) is 5.02 Å². The number of phenolic OH excluding ortho intramolecular Hbond substituents is 1. The maximum absolute atomic E-state index is 13.2. The Hall–Kier alpha value is -3.51. The third-order valence-electron chi connectivity index (χ3n) is 8.90. The Morgan fingerprint density at radius 2 is 1.37 bits per heavy atom. The van der Waals surface area contributed by atoms with Crippen molar-refractivity contribution in [1.29, 1.82) is 0 Å². The Kier molecular flexibility index (Phi) is 17.0. The van der Waals surface area contributed by atoms with Gasteiger partial charge >= 0.3 is 0 Å². The lowest BCUT2D eigenvalue weighted by Gasteiger charge is -2.24. The summed E-state index contributed by atoms with van der Waals surface area (Å²) in [5.41, 5.74) is 3.02. The van der Waals surface area contributed by atoms with Crippen LogP contribution >= 0.6 is 11.6 Å². The van der Waals surface area contributed by atoms with E-state index in [1.807, 2.05) is 37.3 Å². The summed E-state index contributed by atoms with van der Waals surface area (Å²) in [4.78, 5) is 32.4. The number of hydrogen-bond donors (Lipinski definition) is 2. The zero-order valence-corrected chi connectivity index (χ0v) is 31.3. The first kappa shape index (κ1) is 39.9. The van der Waals surface area contributed by atoms with Crippen molar-refractivity contribution in [2.75, 3.05) is 10.4 Å². The summed E-state index contributed by atoms with van der Waals surface area (Å²) in [6, 6.07) is 17.9. The lowest BCUT2D eigenvalue weighted by atomic mass is 9.87. The van der Waals surface area contributed by atoms with Crippen molar-refractivity contribution in [3.05, 3.63) is 82.4 Å². The molecule has 0 heterocycles. The Bertz CT molecular complexity index is 1450. The van der Waals surface area contributed by atoms with Crippen molar-refractivity contribution in [3.63, 3.8) is 0 Å². The van der Waals surface area contributed by atoms with Gasteiger partial charge < -0.3 is 15.3 Å². The maximum atomic E-state index is 13.2. The fraction of sp³-hybridized carbons (Fsp3) is 0.524. The molecule has 0 atom stereocenters. The van der Waals surface area contributed by atoms with Crippen molar-refractivity contribution in [3.8, 4) is 11.5 Å². The number of benzene rings is 3. The molecular formula is C42H59ClN2O4. The fourth-order valence-corrected chi connectivity index (χ4v) is 6.12. The number of nitrogens with one attached hydrogen (secondary N) is 1. The van der Waals surface area contributed by atoms with E-state index in [1.165, 1.54) is 89.2 Å². The van der Waals surface area contributed by atoms with Crippen LogP contribution < -0.4 is 15.2 Å². The minimum Gasteiger partial charge on any atom is -0.506 e. The normalized spacial score (nSPS) is 11.4. The fourth-order valence-electron chi connectivity index (χ4n) is 5.88. The highest BCUT2D eigenvalue weighted by molar-refractivity contribution is 6.34. The Morgan fingerprint density at radius 1 is 0.776 bits per heavy atom. The first-order valence-electron chi connectivity index (χ1n) is 18.6. The number of aryl methyl sites for hydroxylation is 1. The van der Waals surface area contributed by atoms with Gasteiger partial charge in [0.25, 0.3) is 11.8 Å². The van der Waals surface area contributed by atoms with E-state index >= 15 is 0 Å². The third kappa shape index (κ3) is 13.7. The summed E-state index contributed by atoms with van der Waals surface area (Å²) in [7, 11) is 0. The van der Waals surface area contributed by atoms with Gasteiger partial charge in [0, 0.05) is 18.1 Å². The quantitative estimate of drug-likeness (QED) is 0.0662. The molecule has 3 aromatic rings. The van der Waals surface area contributed by atoms with Crippen molar-refractivity contribution < 1.29 is 19.5 Å². The summed E-state index contributed by atoms with van der Waals surface area (Å²) in [6.45, 7) is 10.5. The number of phenols is 1. The monoisotopic (exact) mass is 690 g/mol. The molecule has 0 fully saturated rings. The number of amides is 2. The van der Waals surface area contributed by atoms with Gasteiger partial charge in [-0.05, 0) is 66.1 Å². The van der Waals surface area contributed by atoms with E-state index < -0.39 is 0 Å². The first-order chi connectivity index (χ1) is 23.5. The summed E-state index contributed by atoms with van der Waals surface area (Å²) < 4.78 is 0. The number of nitrogens with zero attached hydrogens (tertiary/aromatic N) is 1. The lowest BCUT2D eigenvalue weighted by molar-refractivity contribution is -0.122. The highest BCUT2D eigenvalue weighted by atomic mass is 35.5. The van der Waals surface area contributed by atoms with Gasteiger partial charge in [-0.15, -0.1) is 5.06 Å². The predicted molar refractivity (Wildman–Crippen MR) is 205 cm³/mol. The second-order valence-electron chi connectivity index (χ2n) is 14.3. The smallest absolute Gasteiger partial charge is 0.260 e. The van der Waals surface area contributed by atoms with Gasteiger partial charge in [0.15, 0.2) is 5.75 Å². The molecule has 0 bridgehead atoms. The highest BCUT2D eigenvalue weighted by Gasteiger charge is 2.23. The lowest BCUT2D eigenvalue weighted by Crippen LogP contribution is -2.34. The number of anilines is 2. The van der Waals surface area contributed by atoms with Crippen LogP contribution in [0.15, 0.2) is 60.7 Å². The Balaban J connectivity index is 1.56. The van der Waals surface area contributed by atoms with Crippen LogP contribution in [0.4, 0.5) is 11.4 Å². The van der Waals surface area contributed by atoms with Crippen LogP contribution in [0.3, 0.4) is 0 Å². The first-order valence-corrected chi connectivity index (χ1v) is 19.0. The molecule has 49 heavy (non-hydrogen) atoms. The number of hydrogen-bond acceptors (Lipinski definition) is 4. The summed E-state index contributed by atoms with van der Waals surface area (Å²) in [5, 5.41) is 15.0. The van der Waals surface area contributed by atoms with E-state index in [0.29, 0.717) is 17.7 Å². The molecule has 2 N–H and O–H groups in total. The summed E-state index contributed by atoms with van der Waals surface area (Å²) in [6.07, 6.45) is 19.0. The van der Waals surface area contributed by atoms with E-state index in [0.717, 1.165) is 29.0 Å². The molecule has 0 aliphatic heterocycles. The van der Waals surface area contributed by atoms with Crippen LogP contribution in [0.1, 0.15) is 152 Å². The SMILES string of the molecule is CCCCCCCCCCCCCCCc1cccc(ON(C(=O)CCC)c2cc(O)c(NC(=O)c3ccc(C(C)(C)C)cc3)cc2Cl)c1. The van der Waals surface area contributed by atoms with Crippen LogP contribution in [0.25, 0.3) is 0 Å². The molecule has 0 aliphatic rings. The van der Waals surface area contributed by atoms with Gasteiger partial charge in [0.05, 0.1) is 10.7 Å². The van der Waals surface area contributed by atoms with Gasteiger partial charge in [0.1, 0.15) is 11.4 Å². The van der Waals surface area contributed by atoms with Gasteiger partial charge in [-0.1, -0.05) is 148 Å². The molecule has 268 valence electrons. The molecule has 7 heteroatoms. The minimum absolute atomic E-state index is 0.0347. The van der Waals surface area contributed by atoms with Gasteiger partial charge in [-0.2, -0.15) is 0 Å². The maximum Gasteiger partial charge on any atom is 0.260 e. The largest absolute Gasteiger partial charge is 0.506 e. The molecule has 0 saturated heterocycles. The molecule has 0 radical (unpaired) electrons. The van der Waals surface area contributed by atoms with Crippen LogP contribution in [-0.2, 0) is 16.6 Å². The second-order valence-corrected chi connectivity index (χ2v) is 14.7. The molecular weight excluding hydrogens is 632 g/mol. The van der Waals surface area contributed by atoms with Crippen molar-refractivity contribution >= 4 is 34.8 Å². The van der Waals surface area contributed by atoms with Gasteiger partial charge in [-0.25, -0.2) is 0 Å². The van der Waals surface area contributed by atoms with Crippen molar-refractivity contribution in [2.45, 2.75) is 143 Å². The number of carbonyl (C=O) groups is 2. The number of aromatic hydroxyl groups is 1. The average molecular weight is 691 g/mol. The molecule has 6 nitrogen and oxygen atoms in total. The molecule has 0 aliphatic carbocycles. The highest BCUT2D eigenvalue weighted by Crippen LogP contribution is 2.37. The number of rotatable bonds is 21. The zero-order chi connectivity index (χ0) is 35.6. The van der Waals surface area contributed by atoms with Crippen LogP contribution in [-0.4, -0.2) is 16.9 Å². The summed E-state index contributed by atoms with van der Waals surface area (Å²) >= 11 is 6.67. The molecule has 0 unspecified atom stereocenters. The van der Waals surface area contributed by atoms with E-state index in [9.17, 15) is 14.7 Å². The van der Waals surface area contributed by atoms with E-state index in [2.05, 4.69) is 39.1 Å². The standard InChI is InChI=1S/C42H59ClN2O4/c1-6-8-9-10-11-12-13-14-15-16-17-18-19-22-32-23-20-24-35(29-32)49-45(40(47)21-7-2)38-31-39(46)37(30-36(38)43)44-41(48)33-25-27-34(28-26-33)42(3,4)5/h20,23-31,46H,6-19,21-22H2,1-5H3,(H,44,48). The molecule has 0 spiro atoms. The topological polar surface area (TPSA) is 78.9 Å². The Morgan fingerprint density at radius 3 is 1.94 bits per heavy atom. The molecule has 0 saturated carbocycles. The van der Waals surface area contributed by atoms with Crippen LogP contribution in [0, 0.1) is 0 Å². The van der Waals surface area contributed by atoms with E-state index in [4.69, 9.17) is 16.4 Å². The van der Waals surface area contributed by atoms with Crippen LogP contribution in [0.5, 0.6) is 11.5 Å². The number of hydroxylamine groups is 1. The molecule has 0 aromatic heterocycles. The van der Waals surface area contributed by atoms with Gasteiger partial charge in [-0.3, -0.25) is 9.59 Å². The predicted octanol–water partition coefficient (Wildman–Crippen LogP) is 12.4. The zero-order valence-electron chi connectivity index (χ0n) is 30.6. The summed E-state index contributed by atoms with van der Waals surface area (Å²) in [5.74, 6) is -0.382. The minimum atomic E-state index is -0.380. The average Bonchev–Trinajstić information content (AvgIpc) is 3.07. The third-order valence-corrected chi connectivity index (χ3v) is 9.20. The van der Waals surface area contributed by atoms with Crippen molar-refractivity contribution in [1.82, 2.24) is 0 Å².